The number of amides is 2. The number of anilines is 1. The van der Waals surface area contributed by atoms with E-state index in [9.17, 15) is 9.59 Å². The average molecular weight is 397 g/mol. The van der Waals surface area contributed by atoms with E-state index in [-0.39, 0.29) is 23.6 Å². The minimum absolute atomic E-state index is 0.218. The summed E-state index contributed by atoms with van der Waals surface area (Å²) in [6.07, 6.45) is 4.84. The lowest BCUT2D eigenvalue weighted by molar-refractivity contribution is 0.0942. The predicted molar refractivity (Wildman–Crippen MR) is 113 cm³/mol. The van der Waals surface area contributed by atoms with E-state index < -0.39 is 0 Å². The molecule has 0 spiro atoms. The second-order valence-corrected chi connectivity index (χ2v) is 6.61. The van der Waals surface area contributed by atoms with Crippen LogP contribution in [-0.4, -0.2) is 16.8 Å². The van der Waals surface area contributed by atoms with Gasteiger partial charge in [0.05, 0.1) is 12.3 Å². The molecule has 6 nitrogen and oxygen atoms in total. The molecule has 2 aromatic carbocycles. The molecule has 0 radical (unpaired) electrons. The quantitative estimate of drug-likeness (QED) is 0.504. The third-order valence-corrected chi connectivity index (χ3v) is 4.60. The van der Waals surface area contributed by atoms with Gasteiger partial charge in [0, 0.05) is 23.6 Å². The average Bonchev–Trinajstić information content (AvgIpc) is 3.34. The van der Waals surface area contributed by atoms with Gasteiger partial charge in [0.2, 0.25) is 0 Å². The number of nitrogens with zero attached hydrogens (tertiary/aromatic N) is 1. The Balaban J connectivity index is 1.49. The molecule has 0 saturated heterocycles. The van der Waals surface area contributed by atoms with Gasteiger partial charge in [0.25, 0.3) is 11.8 Å². The normalized spacial score (nSPS) is 11.5. The highest BCUT2D eigenvalue weighted by Gasteiger charge is 2.18. The first-order chi connectivity index (χ1) is 14.7. The fourth-order valence-electron chi connectivity index (χ4n) is 3.08. The van der Waals surface area contributed by atoms with E-state index in [0.717, 1.165) is 11.1 Å². The van der Waals surface area contributed by atoms with Crippen molar-refractivity contribution < 1.29 is 14.0 Å². The standard InChI is InChI=1S/C24H19N3O3/c28-23(19-8-10-20(11-9-19)26-24(29)21-7-4-16-30-21)27-22(17-5-2-1-3-6-17)18-12-14-25-15-13-18/h1-16,22H,(H,26,29)(H,27,28). The minimum Gasteiger partial charge on any atom is -0.459 e. The number of furan rings is 1. The van der Waals surface area contributed by atoms with E-state index in [2.05, 4.69) is 15.6 Å². The zero-order chi connectivity index (χ0) is 20.8. The van der Waals surface area contributed by atoms with Crippen LogP contribution in [0, 0.1) is 0 Å². The van der Waals surface area contributed by atoms with E-state index in [1.54, 1.807) is 48.8 Å². The number of carbonyl (C=O) groups is 2. The van der Waals surface area contributed by atoms with E-state index in [1.165, 1.54) is 6.26 Å². The molecule has 0 fully saturated rings. The Bertz CT molecular complexity index is 1070. The first-order valence-corrected chi connectivity index (χ1v) is 9.41. The summed E-state index contributed by atoms with van der Waals surface area (Å²) in [5.41, 5.74) is 2.97. The molecule has 2 heterocycles. The molecule has 0 saturated carbocycles. The molecular weight excluding hydrogens is 378 g/mol. The summed E-state index contributed by atoms with van der Waals surface area (Å²) < 4.78 is 5.08. The van der Waals surface area contributed by atoms with E-state index >= 15 is 0 Å². The van der Waals surface area contributed by atoms with Crippen molar-refractivity contribution in [2.24, 2.45) is 0 Å². The van der Waals surface area contributed by atoms with Crippen molar-refractivity contribution in [1.29, 1.82) is 0 Å². The molecule has 0 aliphatic carbocycles. The Hall–Kier alpha value is -4.19. The van der Waals surface area contributed by atoms with Crippen molar-refractivity contribution in [3.05, 3.63) is 120 Å². The molecule has 6 heteroatoms. The van der Waals surface area contributed by atoms with Gasteiger partial charge in [0.1, 0.15) is 0 Å². The monoisotopic (exact) mass is 397 g/mol. The third-order valence-electron chi connectivity index (χ3n) is 4.60. The van der Waals surface area contributed by atoms with E-state index in [0.29, 0.717) is 11.3 Å². The number of hydrogen-bond acceptors (Lipinski definition) is 4. The van der Waals surface area contributed by atoms with Crippen LogP contribution in [0.3, 0.4) is 0 Å². The van der Waals surface area contributed by atoms with Gasteiger partial charge in [-0.15, -0.1) is 0 Å². The van der Waals surface area contributed by atoms with Gasteiger partial charge in [0.15, 0.2) is 5.76 Å². The molecule has 0 aliphatic heterocycles. The maximum Gasteiger partial charge on any atom is 0.291 e. The molecule has 148 valence electrons. The van der Waals surface area contributed by atoms with Crippen LogP contribution in [0.25, 0.3) is 0 Å². The number of rotatable bonds is 6. The Morgan fingerprint density at radius 1 is 0.767 bits per heavy atom. The molecule has 1 unspecified atom stereocenters. The van der Waals surface area contributed by atoms with Crippen LogP contribution in [-0.2, 0) is 0 Å². The first kappa shape index (κ1) is 19.1. The molecule has 4 rings (SSSR count). The number of pyridine rings is 1. The SMILES string of the molecule is O=C(NC(c1ccccc1)c1ccncc1)c1ccc(NC(=O)c2ccco2)cc1. The van der Waals surface area contributed by atoms with Gasteiger partial charge in [-0.25, -0.2) is 0 Å². The van der Waals surface area contributed by atoms with Crippen LogP contribution in [0.1, 0.15) is 38.1 Å². The molecule has 0 aliphatic rings. The lowest BCUT2D eigenvalue weighted by Gasteiger charge is -2.20. The highest BCUT2D eigenvalue weighted by molar-refractivity contribution is 6.02. The molecule has 1 atom stereocenters. The summed E-state index contributed by atoms with van der Waals surface area (Å²) in [7, 11) is 0. The molecule has 30 heavy (non-hydrogen) atoms. The highest BCUT2D eigenvalue weighted by Crippen LogP contribution is 2.22. The second kappa shape index (κ2) is 8.87. The van der Waals surface area contributed by atoms with Crippen LogP contribution < -0.4 is 10.6 Å². The van der Waals surface area contributed by atoms with Crippen LogP contribution in [0.5, 0.6) is 0 Å². The summed E-state index contributed by atoms with van der Waals surface area (Å²) in [6.45, 7) is 0. The maximum atomic E-state index is 12.9. The zero-order valence-electron chi connectivity index (χ0n) is 16.0. The second-order valence-electron chi connectivity index (χ2n) is 6.61. The summed E-state index contributed by atoms with van der Waals surface area (Å²) in [4.78, 5) is 29.0. The van der Waals surface area contributed by atoms with Gasteiger partial charge in [-0.05, 0) is 59.7 Å². The Morgan fingerprint density at radius 3 is 2.13 bits per heavy atom. The van der Waals surface area contributed by atoms with Crippen LogP contribution in [0.2, 0.25) is 0 Å². The van der Waals surface area contributed by atoms with Crippen molar-refractivity contribution in [3.8, 4) is 0 Å². The predicted octanol–water partition coefficient (Wildman–Crippen LogP) is 4.45. The fourth-order valence-corrected chi connectivity index (χ4v) is 3.08. The Labute approximate surface area is 173 Å². The van der Waals surface area contributed by atoms with Gasteiger partial charge in [-0.3, -0.25) is 14.6 Å². The number of hydrogen-bond donors (Lipinski definition) is 2. The lowest BCUT2D eigenvalue weighted by Crippen LogP contribution is -2.29. The molecule has 2 N–H and O–H groups in total. The third kappa shape index (κ3) is 4.44. The van der Waals surface area contributed by atoms with Crippen LogP contribution in [0.4, 0.5) is 5.69 Å². The van der Waals surface area contributed by atoms with Crippen molar-refractivity contribution in [2.45, 2.75) is 6.04 Å². The number of benzene rings is 2. The number of nitrogens with one attached hydrogen (secondary N) is 2. The highest BCUT2D eigenvalue weighted by atomic mass is 16.3. The van der Waals surface area contributed by atoms with Crippen molar-refractivity contribution in [3.63, 3.8) is 0 Å². The molecular formula is C24H19N3O3. The van der Waals surface area contributed by atoms with Crippen LogP contribution >= 0.6 is 0 Å². The van der Waals surface area contributed by atoms with Crippen molar-refractivity contribution >= 4 is 17.5 Å². The van der Waals surface area contributed by atoms with Crippen LogP contribution in [0.15, 0.2) is 102 Å². The minimum atomic E-state index is -0.348. The molecule has 0 bridgehead atoms. The first-order valence-electron chi connectivity index (χ1n) is 9.41. The van der Waals surface area contributed by atoms with Crippen molar-refractivity contribution in [2.75, 3.05) is 5.32 Å². The molecule has 2 amide bonds. The van der Waals surface area contributed by atoms with Gasteiger partial charge < -0.3 is 15.1 Å². The fraction of sp³-hybridized carbons (Fsp3) is 0.0417. The largest absolute Gasteiger partial charge is 0.459 e. The Kier molecular flexibility index (Phi) is 5.66. The number of aromatic nitrogens is 1. The van der Waals surface area contributed by atoms with E-state index in [4.69, 9.17) is 4.42 Å². The number of carbonyl (C=O) groups excluding carboxylic acids is 2. The Morgan fingerprint density at radius 2 is 1.47 bits per heavy atom. The smallest absolute Gasteiger partial charge is 0.291 e. The summed E-state index contributed by atoms with van der Waals surface area (Å²) in [6, 6.07) is 23.1. The van der Waals surface area contributed by atoms with Gasteiger partial charge in [-0.1, -0.05) is 30.3 Å². The molecule has 2 aromatic heterocycles. The van der Waals surface area contributed by atoms with Gasteiger partial charge in [-0.2, -0.15) is 0 Å². The summed E-state index contributed by atoms with van der Waals surface area (Å²) in [5, 5.41) is 5.81. The summed E-state index contributed by atoms with van der Waals surface area (Å²) >= 11 is 0. The topological polar surface area (TPSA) is 84.2 Å². The van der Waals surface area contributed by atoms with E-state index in [1.807, 2.05) is 42.5 Å². The maximum absolute atomic E-state index is 12.9. The van der Waals surface area contributed by atoms with Gasteiger partial charge >= 0.3 is 0 Å². The lowest BCUT2D eigenvalue weighted by atomic mass is 9.99. The molecule has 4 aromatic rings. The zero-order valence-corrected chi connectivity index (χ0v) is 16.0. The summed E-state index contributed by atoms with van der Waals surface area (Å²) in [5.74, 6) is -0.344. The van der Waals surface area contributed by atoms with Crippen molar-refractivity contribution in [1.82, 2.24) is 10.3 Å².